The summed E-state index contributed by atoms with van der Waals surface area (Å²) < 4.78 is 15.6. The molecule has 1 N–H and O–H groups in total. The Balaban J connectivity index is 2.27. The first-order valence-electron chi connectivity index (χ1n) is 6.89. The van der Waals surface area contributed by atoms with Crippen molar-refractivity contribution in [3.8, 4) is 11.5 Å². The molecule has 0 saturated carbocycles. The van der Waals surface area contributed by atoms with Crippen LogP contribution in [0.3, 0.4) is 0 Å². The third kappa shape index (κ3) is 4.15. The van der Waals surface area contributed by atoms with Gasteiger partial charge in [-0.15, -0.1) is 0 Å². The lowest BCUT2D eigenvalue weighted by atomic mass is 10.1. The summed E-state index contributed by atoms with van der Waals surface area (Å²) in [5, 5.41) is 3.31. The first-order chi connectivity index (χ1) is 11.1. The molecule has 0 radical (unpaired) electrons. The molecule has 0 aliphatic rings. The van der Waals surface area contributed by atoms with Crippen LogP contribution < -0.4 is 14.8 Å². The molecule has 0 spiro atoms. The average molecular weight is 336 g/mol. The van der Waals surface area contributed by atoms with E-state index < -0.39 is 0 Å². The van der Waals surface area contributed by atoms with Crippen LogP contribution >= 0.6 is 11.6 Å². The molecule has 0 heterocycles. The SMILES string of the molecule is COCc1cc(C(=O)Nc2cc(Cl)ccc2OC)ccc1OC. The van der Waals surface area contributed by atoms with E-state index in [1.807, 2.05) is 0 Å². The van der Waals surface area contributed by atoms with Crippen molar-refractivity contribution in [2.24, 2.45) is 0 Å². The summed E-state index contributed by atoms with van der Waals surface area (Å²) in [7, 11) is 4.69. The first-order valence-corrected chi connectivity index (χ1v) is 7.27. The zero-order valence-corrected chi connectivity index (χ0v) is 13.9. The quantitative estimate of drug-likeness (QED) is 0.873. The molecule has 0 bridgehead atoms. The lowest BCUT2D eigenvalue weighted by Gasteiger charge is -2.12. The van der Waals surface area contributed by atoms with Crippen LogP contribution in [0.4, 0.5) is 5.69 Å². The smallest absolute Gasteiger partial charge is 0.255 e. The van der Waals surface area contributed by atoms with Gasteiger partial charge in [0.2, 0.25) is 0 Å². The Labute approximate surface area is 140 Å². The van der Waals surface area contributed by atoms with Crippen molar-refractivity contribution in [2.45, 2.75) is 6.61 Å². The van der Waals surface area contributed by atoms with Gasteiger partial charge in [-0.1, -0.05) is 11.6 Å². The number of benzene rings is 2. The summed E-state index contributed by atoms with van der Waals surface area (Å²) >= 11 is 5.97. The largest absolute Gasteiger partial charge is 0.496 e. The zero-order chi connectivity index (χ0) is 16.8. The topological polar surface area (TPSA) is 56.8 Å². The Morgan fingerprint density at radius 1 is 1.04 bits per heavy atom. The molecule has 5 nitrogen and oxygen atoms in total. The van der Waals surface area contributed by atoms with E-state index >= 15 is 0 Å². The van der Waals surface area contributed by atoms with Crippen molar-refractivity contribution < 1.29 is 19.0 Å². The number of anilines is 1. The summed E-state index contributed by atoms with van der Waals surface area (Å²) in [4.78, 5) is 12.5. The molecule has 0 fully saturated rings. The van der Waals surface area contributed by atoms with Crippen LogP contribution in [0.1, 0.15) is 15.9 Å². The van der Waals surface area contributed by atoms with Crippen LogP contribution in [0.5, 0.6) is 11.5 Å². The summed E-state index contributed by atoms with van der Waals surface area (Å²) in [6.45, 7) is 0.352. The number of amides is 1. The third-order valence-corrected chi connectivity index (χ3v) is 3.49. The Bertz CT molecular complexity index is 703. The lowest BCUT2D eigenvalue weighted by molar-refractivity contribution is 0.102. The fraction of sp³-hybridized carbons (Fsp3) is 0.235. The lowest BCUT2D eigenvalue weighted by Crippen LogP contribution is -2.13. The standard InChI is InChI=1S/C17H18ClNO4/c1-21-10-12-8-11(4-6-15(12)22-2)17(20)19-14-9-13(18)5-7-16(14)23-3/h4-9H,10H2,1-3H3,(H,19,20). The van der Waals surface area contributed by atoms with Crippen molar-refractivity contribution in [1.82, 2.24) is 0 Å². The number of carbonyl (C=O) groups is 1. The van der Waals surface area contributed by atoms with E-state index in [-0.39, 0.29) is 5.91 Å². The second-order valence-corrected chi connectivity index (χ2v) is 5.19. The van der Waals surface area contributed by atoms with Crippen LogP contribution in [0, 0.1) is 0 Å². The zero-order valence-electron chi connectivity index (χ0n) is 13.2. The Morgan fingerprint density at radius 2 is 1.74 bits per heavy atom. The maximum Gasteiger partial charge on any atom is 0.255 e. The number of halogens is 1. The predicted octanol–water partition coefficient (Wildman–Crippen LogP) is 3.76. The van der Waals surface area contributed by atoms with E-state index in [9.17, 15) is 4.79 Å². The highest BCUT2D eigenvalue weighted by Crippen LogP contribution is 2.28. The molecule has 6 heteroatoms. The van der Waals surface area contributed by atoms with Crippen LogP contribution in [0.2, 0.25) is 5.02 Å². The Hall–Kier alpha value is -2.24. The minimum Gasteiger partial charge on any atom is -0.496 e. The Kier molecular flexibility index (Phi) is 5.84. The van der Waals surface area contributed by atoms with Crippen LogP contribution in [-0.4, -0.2) is 27.2 Å². The maximum absolute atomic E-state index is 12.5. The number of hydrogen-bond donors (Lipinski definition) is 1. The second kappa shape index (κ2) is 7.85. The number of rotatable bonds is 6. The highest BCUT2D eigenvalue weighted by atomic mass is 35.5. The van der Waals surface area contributed by atoms with Gasteiger partial charge in [0, 0.05) is 23.3 Å². The van der Waals surface area contributed by atoms with Crippen molar-refractivity contribution in [3.63, 3.8) is 0 Å². The second-order valence-electron chi connectivity index (χ2n) is 4.76. The first kappa shape index (κ1) is 17.1. The molecule has 0 aliphatic heterocycles. The number of nitrogens with one attached hydrogen (secondary N) is 1. The van der Waals surface area contributed by atoms with Crippen molar-refractivity contribution in [2.75, 3.05) is 26.6 Å². The molecular weight excluding hydrogens is 318 g/mol. The van der Waals surface area contributed by atoms with Gasteiger partial charge in [0.05, 0.1) is 26.5 Å². The summed E-state index contributed by atoms with van der Waals surface area (Å²) in [5.74, 6) is 0.933. The van der Waals surface area contributed by atoms with E-state index in [0.717, 1.165) is 5.56 Å². The highest BCUT2D eigenvalue weighted by Gasteiger charge is 2.13. The van der Waals surface area contributed by atoms with E-state index in [2.05, 4.69) is 5.32 Å². The van der Waals surface area contributed by atoms with E-state index in [1.165, 1.54) is 7.11 Å². The van der Waals surface area contributed by atoms with Gasteiger partial charge in [-0.3, -0.25) is 4.79 Å². The molecule has 2 aromatic carbocycles. The summed E-state index contributed by atoms with van der Waals surface area (Å²) in [6, 6.07) is 10.2. The minimum atomic E-state index is -0.273. The number of ether oxygens (including phenoxy) is 3. The molecule has 122 valence electrons. The molecule has 1 amide bonds. The molecule has 0 saturated heterocycles. The molecule has 0 unspecified atom stereocenters. The van der Waals surface area contributed by atoms with E-state index in [1.54, 1.807) is 50.6 Å². The van der Waals surface area contributed by atoms with Crippen LogP contribution in [-0.2, 0) is 11.3 Å². The normalized spacial score (nSPS) is 10.3. The monoisotopic (exact) mass is 335 g/mol. The Morgan fingerprint density at radius 3 is 2.39 bits per heavy atom. The van der Waals surface area contributed by atoms with E-state index in [0.29, 0.717) is 34.4 Å². The molecule has 2 rings (SSSR count). The fourth-order valence-electron chi connectivity index (χ4n) is 2.16. The number of methoxy groups -OCH3 is 3. The van der Waals surface area contributed by atoms with Gasteiger partial charge in [-0.25, -0.2) is 0 Å². The molecule has 0 atom stereocenters. The van der Waals surface area contributed by atoms with Gasteiger partial charge in [-0.2, -0.15) is 0 Å². The number of carbonyl (C=O) groups excluding carboxylic acids is 1. The maximum atomic E-state index is 12.5. The van der Waals surface area contributed by atoms with Gasteiger partial charge in [0.1, 0.15) is 11.5 Å². The fourth-order valence-corrected chi connectivity index (χ4v) is 2.33. The minimum absolute atomic E-state index is 0.273. The summed E-state index contributed by atoms with van der Waals surface area (Å²) in [5.41, 5.74) is 1.79. The predicted molar refractivity (Wildman–Crippen MR) is 89.7 cm³/mol. The molecule has 0 aromatic heterocycles. The van der Waals surface area contributed by atoms with Crippen molar-refractivity contribution >= 4 is 23.2 Å². The summed E-state index contributed by atoms with van der Waals surface area (Å²) in [6.07, 6.45) is 0. The van der Waals surface area contributed by atoms with Gasteiger partial charge in [-0.05, 0) is 36.4 Å². The molecule has 23 heavy (non-hydrogen) atoms. The number of hydrogen-bond acceptors (Lipinski definition) is 4. The third-order valence-electron chi connectivity index (χ3n) is 3.25. The van der Waals surface area contributed by atoms with Gasteiger partial charge < -0.3 is 19.5 Å². The molecule has 2 aromatic rings. The highest BCUT2D eigenvalue weighted by molar-refractivity contribution is 6.31. The van der Waals surface area contributed by atoms with Crippen molar-refractivity contribution in [1.29, 1.82) is 0 Å². The molecule has 0 aliphatic carbocycles. The van der Waals surface area contributed by atoms with Crippen LogP contribution in [0.15, 0.2) is 36.4 Å². The van der Waals surface area contributed by atoms with Gasteiger partial charge >= 0.3 is 0 Å². The van der Waals surface area contributed by atoms with E-state index in [4.69, 9.17) is 25.8 Å². The van der Waals surface area contributed by atoms with Crippen LogP contribution in [0.25, 0.3) is 0 Å². The van der Waals surface area contributed by atoms with Gasteiger partial charge in [0.15, 0.2) is 0 Å². The van der Waals surface area contributed by atoms with Crippen molar-refractivity contribution in [3.05, 3.63) is 52.5 Å². The molecular formula is C17H18ClNO4. The average Bonchev–Trinajstić information content (AvgIpc) is 2.55. The van der Waals surface area contributed by atoms with Gasteiger partial charge in [0.25, 0.3) is 5.91 Å².